The fourth-order valence-corrected chi connectivity index (χ4v) is 3.95. The first-order valence-electron chi connectivity index (χ1n) is 6.34. The molecule has 1 aromatic carbocycles. The number of rotatable bonds is 6. The van der Waals surface area contributed by atoms with Crippen molar-refractivity contribution >= 4 is 10.0 Å². The molecule has 100 valence electrons. The fraction of sp³-hybridized carbons (Fsp3) is 0.538. The van der Waals surface area contributed by atoms with Crippen LogP contribution in [0.2, 0.25) is 0 Å². The molecule has 2 N–H and O–H groups in total. The quantitative estimate of drug-likeness (QED) is 0.849. The average molecular weight is 268 g/mol. The Kier molecular flexibility index (Phi) is 4.04. The third kappa shape index (κ3) is 3.10. The van der Waals surface area contributed by atoms with E-state index in [0.29, 0.717) is 13.1 Å². The highest BCUT2D eigenvalue weighted by Crippen LogP contribution is 2.30. The summed E-state index contributed by atoms with van der Waals surface area (Å²) in [5, 5.41) is 0. The molecule has 1 aliphatic carbocycles. The molecular weight excluding hydrogens is 248 g/mol. The molecule has 1 aliphatic rings. The van der Waals surface area contributed by atoms with Gasteiger partial charge in [-0.3, -0.25) is 0 Å². The molecule has 0 aliphatic heterocycles. The lowest BCUT2D eigenvalue weighted by Gasteiger charge is -2.19. The predicted octanol–water partition coefficient (Wildman–Crippen LogP) is 1.46. The van der Waals surface area contributed by atoms with E-state index in [1.807, 2.05) is 31.2 Å². The summed E-state index contributed by atoms with van der Waals surface area (Å²) in [6.07, 6.45) is 2.00. The number of hydrogen-bond donors (Lipinski definition) is 1. The van der Waals surface area contributed by atoms with Gasteiger partial charge in [-0.2, -0.15) is 4.31 Å². The van der Waals surface area contributed by atoms with Crippen LogP contribution in [0, 0.1) is 0 Å². The van der Waals surface area contributed by atoms with E-state index in [2.05, 4.69) is 0 Å². The molecule has 1 fully saturated rings. The van der Waals surface area contributed by atoms with E-state index in [9.17, 15) is 8.42 Å². The number of sulfonamides is 1. The zero-order valence-corrected chi connectivity index (χ0v) is 11.5. The minimum absolute atomic E-state index is 0.0855. The van der Waals surface area contributed by atoms with Crippen molar-refractivity contribution in [3.8, 4) is 0 Å². The van der Waals surface area contributed by atoms with Crippen LogP contribution in [0.1, 0.15) is 30.9 Å². The highest BCUT2D eigenvalue weighted by atomic mass is 32.2. The molecule has 0 amide bonds. The summed E-state index contributed by atoms with van der Waals surface area (Å²) in [5.74, 6) is 0.0855. The van der Waals surface area contributed by atoms with Crippen LogP contribution in [0.15, 0.2) is 24.3 Å². The molecule has 5 heteroatoms. The zero-order valence-electron chi connectivity index (χ0n) is 10.7. The van der Waals surface area contributed by atoms with Crippen molar-refractivity contribution in [2.24, 2.45) is 5.73 Å². The van der Waals surface area contributed by atoms with Gasteiger partial charge in [0.15, 0.2) is 0 Å². The summed E-state index contributed by atoms with van der Waals surface area (Å²) >= 11 is 0. The van der Waals surface area contributed by atoms with Gasteiger partial charge in [0.2, 0.25) is 10.0 Å². The van der Waals surface area contributed by atoms with Crippen LogP contribution in [-0.4, -0.2) is 25.3 Å². The number of nitrogens with two attached hydrogens (primary N) is 1. The maximum atomic E-state index is 12.3. The van der Waals surface area contributed by atoms with Crippen LogP contribution in [0.4, 0.5) is 0 Å². The highest BCUT2D eigenvalue weighted by Gasteiger charge is 2.35. The molecule has 0 bridgehead atoms. The van der Waals surface area contributed by atoms with E-state index >= 15 is 0 Å². The maximum Gasteiger partial charge on any atom is 0.218 e. The molecule has 0 spiro atoms. The monoisotopic (exact) mass is 268 g/mol. The van der Waals surface area contributed by atoms with Crippen molar-refractivity contribution < 1.29 is 8.42 Å². The van der Waals surface area contributed by atoms with Gasteiger partial charge in [0.05, 0.1) is 5.75 Å². The lowest BCUT2D eigenvalue weighted by atomic mass is 10.1. The summed E-state index contributed by atoms with van der Waals surface area (Å²) in [6.45, 7) is 2.94. The Morgan fingerprint density at radius 2 is 1.78 bits per heavy atom. The second kappa shape index (κ2) is 5.38. The first-order valence-corrected chi connectivity index (χ1v) is 7.95. The van der Waals surface area contributed by atoms with Gasteiger partial charge in [-0.25, -0.2) is 8.42 Å². The summed E-state index contributed by atoms with van der Waals surface area (Å²) < 4.78 is 26.2. The van der Waals surface area contributed by atoms with E-state index in [-0.39, 0.29) is 11.8 Å². The Morgan fingerprint density at radius 1 is 1.22 bits per heavy atom. The Morgan fingerprint density at radius 3 is 2.22 bits per heavy atom. The lowest BCUT2D eigenvalue weighted by Crippen LogP contribution is -2.33. The molecule has 0 atom stereocenters. The summed E-state index contributed by atoms with van der Waals surface area (Å²) in [4.78, 5) is 0. The van der Waals surface area contributed by atoms with Crippen molar-refractivity contribution in [3.05, 3.63) is 35.4 Å². The fourth-order valence-electron chi connectivity index (χ4n) is 2.11. The standard InChI is InChI=1S/C13H20N2O2S/c1-2-15(13-7-8-13)18(16,17)10-12-5-3-11(9-14)4-6-12/h3-6,13H,2,7-10,14H2,1H3. The van der Waals surface area contributed by atoms with Crippen LogP contribution in [-0.2, 0) is 22.3 Å². The molecule has 0 heterocycles. The molecule has 1 aromatic rings. The van der Waals surface area contributed by atoms with Crippen LogP contribution in [0.25, 0.3) is 0 Å². The second-order valence-electron chi connectivity index (χ2n) is 4.71. The smallest absolute Gasteiger partial charge is 0.218 e. The number of benzene rings is 1. The van der Waals surface area contributed by atoms with Crippen molar-refractivity contribution in [1.29, 1.82) is 0 Å². The zero-order chi connectivity index (χ0) is 13.2. The first-order chi connectivity index (χ1) is 8.56. The van der Waals surface area contributed by atoms with Crippen molar-refractivity contribution in [2.75, 3.05) is 6.54 Å². The van der Waals surface area contributed by atoms with E-state index in [1.54, 1.807) is 4.31 Å². The van der Waals surface area contributed by atoms with Crippen LogP contribution in [0.5, 0.6) is 0 Å². The largest absolute Gasteiger partial charge is 0.326 e. The Balaban J connectivity index is 2.10. The Labute approximate surface area is 109 Å². The molecule has 18 heavy (non-hydrogen) atoms. The van der Waals surface area contributed by atoms with E-state index in [1.165, 1.54) is 0 Å². The van der Waals surface area contributed by atoms with E-state index < -0.39 is 10.0 Å². The van der Waals surface area contributed by atoms with Gasteiger partial charge in [-0.05, 0) is 24.0 Å². The SMILES string of the molecule is CCN(C1CC1)S(=O)(=O)Cc1ccc(CN)cc1. The average Bonchev–Trinajstić information content (AvgIpc) is 3.14. The minimum Gasteiger partial charge on any atom is -0.326 e. The molecule has 0 radical (unpaired) electrons. The first kappa shape index (κ1) is 13.5. The van der Waals surface area contributed by atoms with Gasteiger partial charge in [0, 0.05) is 19.1 Å². The van der Waals surface area contributed by atoms with Gasteiger partial charge in [0.1, 0.15) is 0 Å². The molecule has 0 saturated heterocycles. The summed E-state index contributed by atoms with van der Waals surface area (Å²) in [6, 6.07) is 7.71. The summed E-state index contributed by atoms with van der Waals surface area (Å²) in [5.41, 5.74) is 7.36. The molecule has 2 rings (SSSR count). The normalized spacial score (nSPS) is 16.2. The number of nitrogens with zero attached hydrogens (tertiary/aromatic N) is 1. The van der Waals surface area contributed by atoms with Gasteiger partial charge in [0.25, 0.3) is 0 Å². The number of hydrogen-bond acceptors (Lipinski definition) is 3. The summed E-state index contributed by atoms with van der Waals surface area (Å²) in [7, 11) is -3.18. The van der Waals surface area contributed by atoms with Gasteiger partial charge >= 0.3 is 0 Å². The molecule has 0 unspecified atom stereocenters. The van der Waals surface area contributed by atoms with Crippen molar-refractivity contribution in [2.45, 2.75) is 38.1 Å². The van der Waals surface area contributed by atoms with E-state index in [0.717, 1.165) is 24.0 Å². The van der Waals surface area contributed by atoms with Gasteiger partial charge in [-0.1, -0.05) is 31.2 Å². The minimum atomic E-state index is -3.18. The topological polar surface area (TPSA) is 63.4 Å². The van der Waals surface area contributed by atoms with Crippen molar-refractivity contribution in [3.63, 3.8) is 0 Å². The van der Waals surface area contributed by atoms with Gasteiger partial charge in [-0.15, -0.1) is 0 Å². The highest BCUT2D eigenvalue weighted by molar-refractivity contribution is 7.88. The van der Waals surface area contributed by atoms with E-state index in [4.69, 9.17) is 5.73 Å². The van der Waals surface area contributed by atoms with Gasteiger partial charge < -0.3 is 5.73 Å². The Bertz CT molecular complexity index is 492. The third-order valence-electron chi connectivity index (χ3n) is 3.23. The van der Waals surface area contributed by atoms with Crippen molar-refractivity contribution in [1.82, 2.24) is 4.31 Å². The maximum absolute atomic E-state index is 12.3. The lowest BCUT2D eigenvalue weighted by molar-refractivity contribution is 0.420. The third-order valence-corrected chi connectivity index (χ3v) is 5.20. The second-order valence-corrected chi connectivity index (χ2v) is 6.63. The van der Waals surface area contributed by atoms with Crippen LogP contribution in [0.3, 0.4) is 0 Å². The molecule has 0 aromatic heterocycles. The Hall–Kier alpha value is -0.910. The molecular formula is C13H20N2O2S. The predicted molar refractivity (Wildman–Crippen MR) is 72.4 cm³/mol. The molecule has 4 nitrogen and oxygen atoms in total. The van der Waals surface area contributed by atoms with Crippen LogP contribution >= 0.6 is 0 Å². The van der Waals surface area contributed by atoms with Crippen LogP contribution < -0.4 is 5.73 Å². The molecule has 1 saturated carbocycles.